The van der Waals surface area contributed by atoms with Crippen LogP contribution in [0, 0.1) is 33.5 Å². The molecule has 2 aliphatic carbocycles. The van der Waals surface area contributed by atoms with Crippen LogP contribution in [0.5, 0.6) is 5.75 Å². The molecule has 1 aromatic heterocycles. The van der Waals surface area contributed by atoms with Crippen molar-refractivity contribution in [1.29, 1.82) is 0 Å². The average molecular weight is 531 g/mol. The molecular weight excluding hydrogens is 504 g/mol. The van der Waals surface area contributed by atoms with Crippen molar-refractivity contribution in [3.05, 3.63) is 38.7 Å². The summed E-state index contributed by atoms with van der Waals surface area (Å²) in [6.45, 7) is 0.197. The molecule has 2 bridgehead atoms. The molecule has 0 spiro atoms. The number of carbonyl (C=O) groups excluding carboxylic acids is 2. The van der Waals surface area contributed by atoms with Gasteiger partial charge < -0.3 is 14.4 Å². The number of rotatable bonds is 6. The summed E-state index contributed by atoms with van der Waals surface area (Å²) in [5.41, 5.74) is 1.19. The first-order valence-corrected chi connectivity index (χ1v) is 14.0. The van der Waals surface area contributed by atoms with E-state index in [-0.39, 0.29) is 65.5 Å². The van der Waals surface area contributed by atoms with Crippen LogP contribution in [0.25, 0.3) is 0 Å². The van der Waals surface area contributed by atoms with Gasteiger partial charge in [0.15, 0.2) is 3.95 Å². The zero-order valence-corrected chi connectivity index (χ0v) is 21.8. The van der Waals surface area contributed by atoms with E-state index in [1.165, 1.54) is 20.4 Å². The molecule has 3 heterocycles. The number of carboxylic acids is 1. The zero-order valence-electron chi connectivity index (χ0n) is 19.4. The predicted molar refractivity (Wildman–Crippen MR) is 134 cm³/mol. The molecule has 6 rings (SSSR count). The van der Waals surface area contributed by atoms with Crippen molar-refractivity contribution in [3.63, 3.8) is 0 Å². The Kier molecular flexibility index (Phi) is 5.61. The van der Waals surface area contributed by atoms with Crippen molar-refractivity contribution >= 4 is 53.1 Å². The minimum atomic E-state index is -0.908. The SMILES string of the molecule is COc1ccc([C@H]2c3sc(=S)n(C)c3S[C@H]3[C@@H]4C[C@H]([C@H]5C(=O)N(CCCC(=O)O)C(=O)[C@H]45)[C@@H]23)cc1. The van der Waals surface area contributed by atoms with Crippen LogP contribution >= 0.6 is 35.3 Å². The molecule has 7 nitrogen and oxygen atoms in total. The van der Waals surface area contributed by atoms with Crippen molar-refractivity contribution in [2.24, 2.45) is 36.6 Å². The van der Waals surface area contributed by atoms with E-state index in [0.29, 0.717) is 6.42 Å². The Labute approximate surface area is 216 Å². The fourth-order valence-corrected chi connectivity index (χ4v) is 10.6. The smallest absolute Gasteiger partial charge is 0.303 e. The quantitative estimate of drug-likeness (QED) is 0.443. The van der Waals surface area contributed by atoms with Gasteiger partial charge in [-0.15, -0.1) is 23.1 Å². The number of carbonyl (C=O) groups is 3. The second-order valence-corrected chi connectivity index (χ2v) is 12.8. The summed E-state index contributed by atoms with van der Waals surface area (Å²) in [4.78, 5) is 40.4. The number of ether oxygens (including phenoxy) is 1. The summed E-state index contributed by atoms with van der Waals surface area (Å²) in [7, 11) is 3.67. The average Bonchev–Trinajstić information content (AvgIpc) is 3.55. The molecular formula is C25H26N2O5S3. The lowest BCUT2D eigenvalue weighted by Gasteiger charge is -2.43. The van der Waals surface area contributed by atoms with E-state index in [0.717, 1.165) is 16.1 Å². The number of likely N-dealkylation sites (tertiary alicyclic amines) is 1. The van der Waals surface area contributed by atoms with Crippen LogP contribution in [0.1, 0.15) is 35.6 Å². The first-order valence-electron chi connectivity index (χ1n) is 11.9. The maximum Gasteiger partial charge on any atom is 0.303 e. The highest BCUT2D eigenvalue weighted by atomic mass is 32.2. The van der Waals surface area contributed by atoms with Gasteiger partial charge in [0.05, 0.1) is 24.0 Å². The van der Waals surface area contributed by atoms with Crippen molar-refractivity contribution in [1.82, 2.24) is 9.47 Å². The highest BCUT2D eigenvalue weighted by Gasteiger charge is 2.69. The molecule has 1 aromatic carbocycles. The highest BCUT2D eigenvalue weighted by Crippen LogP contribution is 2.69. The molecule has 2 aliphatic heterocycles. The molecule has 7 atom stereocenters. The van der Waals surface area contributed by atoms with Gasteiger partial charge in [-0.05, 0) is 60.5 Å². The minimum Gasteiger partial charge on any atom is -0.497 e. The standard InChI is InChI=1S/C25H26N2O5S3/c1-26-24-21(35-25(26)33)16(11-5-7-12(32-2)8-6-11)17-13-10-14(20(17)34-24)19-18(13)22(30)27(23(19)31)9-3-4-15(28)29/h5-8,13-14,16-20H,3-4,9-10H2,1-2H3,(H,28,29)/t13-,14+,16+,17-,18+,19+,20-/m0/s1. The van der Waals surface area contributed by atoms with E-state index in [2.05, 4.69) is 16.7 Å². The molecule has 2 aromatic rings. The summed E-state index contributed by atoms with van der Waals surface area (Å²) < 4.78 is 8.31. The third-order valence-electron chi connectivity index (χ3n) is 8.40. The van der Waals surface area contributed by atoms with Crippen LogP contribution < -0.4 is 4.74 Å². The van der Waals surface area contributed by atoms with Gasteiger partial charge in [0, 0.05) is 36.1 Å². The van der Waals surface area contributed by atoms with Crippen LogP contribution in [0.3, 0.4) is 0 Å². The molecule has 2 saturated carbocycles. The monoisotopic (exact) mass is 530 g/mol. The lowest BCUT2D eigenvalue weighted by Crippen LogP contribution is -2.43. The Balaban J connectivity index is 1.38. The number of hydrogen-bond donors (Lipinski definition) is 1. The number of hydrogen-bond acceptors (Lipinski definition) is 7. The fourth-order valence-electron chi connectivity index (χ4n) is 7.03. The fraction of sp³-hybridized carbons (Fsp3) is 0.520. The third kappa shape index (κ3) is 3.36. The van der Waals surface area contributed by atoms with Crippen molar-refractivity contribution < 1.29 is 24.2 Å². The van der Waals surface area contributed by atoms with E-state index in [1.54, 1.807) is 18.4 Å². The molecule has 35 heavy (non-hydrogen) atoms. The first-order chi connectivity index (χ1) is 16.8. The van der Waals surface area contributed by atoms with Crippen LogP contribution in [0.4, 0.5) is 0 Å². The minimum absolute atomic E-state index is 0.0417. The number of thioether (sulfide) groups is 1. The van der Waals surface area contributed by atoms with Crippen LogP contribution in [-0.2, 0) is 21.4 Å². The first kappa shape index (κ1) is 23.2. The van der Waals surface area contributed by atoms with Gasteiger partial charge in [-0.3, -0.25) is 19.3 Å². The van der Waals surface area contributed by atoms with Gasteiger partial charge in [-0.2, -0.15) is 0 Å². The molecule has 10 heteroatoms. The Bertz CT molecular complexity index is 1290. The van der Waals surface area contributed by atoms with Crippen LogP contribution in [-0.4, -0.2) is 51.3 Å². The molecule has 3 fully saturated rings. The maximum atomic E-state index is 13.5. The normalized spacial score (nSPS) is 32.5. The summed E-state index contributed by atoms with van der Waals surface area (Å²) in [5.74, 6) is -0.232. The molecule has 0 unspecified atom stereocenters. The van der Waals surface area contributed by atoms with Crippen molar-refractivity contribution in [2.75, 3.05) is 13.7 Å². The molecule has 2 amide bonds. The van der Waals surface area contributed by atoms with Gasteiger partial charge in [0.1, 0.15) is 5.75 Å². The summed E-state index contributed by atoms with van der Waals surface area (Å²) in [6.07, 6.45) is 1.15. The summed E-state index contributed by atoms with van der Waals surface area (Å²) in [6, 6.07) is 8.20. The van der Waals surface area contributed by atoms with Crippen molar-refractivity contribution in [2.45, 2.75) is 35.5 Å². The number of aromatic nitrogens is 1. The largest absolute Gasteiger partial charge is 0.497 e. The second kappa shape index (κ2) is 8.45. The zero-order chi connectivity index (χ0) is 24.6. The number of thiazole rings is 1. The topological polar surface area (TPSA) is 88.8 Å². The number of aliphatic carboxylic acids is 1. The molecule has 1 saturated heterocycles. The van der Waals surface area contributed by atoms with Gasteiger partial charge >= 0.3 is 5.97 Å². The predicted octanol–water partition coefficient (Wildman–Crippen LogP) is 4.16. The van der Waals surface area contributed by atoms with E-state index in [1.807, 2.05) is 30.9 Å². The lowest BCUT2D eigenvalue weighted by molar-refractivity contribution is -0.142. The van der Waals surface area contributed by atoms with E-state index in [4.69, 9.17) is 22.1 Å². The van der Waals surface area contributed by atoms with E-state index < -0.39 is 5.97 Å². The number of nitrogens with zero attached hydrogens (tertiary/aromatic N) is 2. The summed E-state index contributed by atoms with van der Waals surface area (Å²) >= 11 is 9.15. The third-order valence-corrected chi connectivity index (χ3v) is 11.8. The Hall–Kier alpha value is -2.17. The number of amides is 2. The highest BCUT2D eigenvalue weighted by molar-refractivity contribution is 8.00. The number of methoxy groups -OCH3 is 1. The lowest BCUT2D eigenvalue weighted by atomic mass is 9.68. The number of imide groups is 1. The number of fused-ring (bicyclic) bond motifs is 9. The summed E-state index contributed by atoms with van der Waals surface area (Å²) in [5, 5.41) is 10.4. The maximum absolute atomic E-state index is 13.5. The van der Waals surface area contributed by atoms with E-state index >= 15 is 0 Å². The van der Waals surface area contributed by atoms with Gasteiger partial charge in [-0.25, -0.2) is 0 Å². The van der Waals surface area contributed by atoms with Crippen LogP contribution in [0.15, 0.2) is 29.3 Å². The van der Waals surface area contributed by atoms with Gasteiger partial charge in [0.25, 0.3) is 0 Å². The Morgan fingerprint density at radius 3 is 2.51 bits per heavy atom. The number of benzene rings is 1. The molecule has 1 N–H and O–H groups in total. The molecule has 184 valence electrons. The molecule has 4 aliphatic rings. The van der Waals surface area contributed by atoms with Gasteiger partial charge in [-0.1, -0.05) is 12.1 Å². The molecule has 0 radical (unpaired) electrons. The van der Waals surface area contributed by atoms with Crippen LogP contribution in [0.2, 0.25) is 0 Å². The van der Waals surface area contributed by atoms with Gasteiger partial charge in [0.2, 0.25) is 11.8 Å². The second-order valence-electron chi connectivity index (χ2n) is 9.95. The Morgan fingerprint density at radius 2 is 1.86 bits per heavy atom. The van der Waals surface area contributed by atoms with Crippen molar-refractivity contribution in [3.8, 4) is 5.75 Å². The van der Waals surface area contributed by atoms with E-state index in [9.17, 15) is 14.4 Å². The Morgan fingerprint density at radius 1 is 1.17 bits per heavy atom. The number of carboxylic acid groups (broad SMARTS) is 1.